The number of aromatic nitrogens is 3. The van der Waals surface area contributed by atoms with Crippen LogP contribution < -0.4 is 4.74 Å². The minimum atomic E-state index is -1.06. The molecule has 1 aliphatic heterocycles. The number of nitrogens with one attached hydrogen (secondary N) is 1. The molecule has 0 saturated carbocycles. The molecule has 0 unspecified atom stereocenters. The molecule has 5 rings (SSSR count). The number of hydrogen-bond donors (Lipinski definition) is 2. The van der Waals surface area contributed by atoms with E-state index < -0.39 is 18.1 Å². The second-order valence-corrected chi connectivity index (χ2v) is 9.19. The summed E-state index contributed by atoms with van der Waals surface area (Å²) in [6, 6.07) is 9.28. The van der Waals surface area contributed by atoms with Crippen molar-refractivity contribution >= 4 is 33.6 Å². The van der Waals surface area contributed by atoms with Crippen LogP contribution in [0.5, 0.6) is 5.88 Å². The van der Waals surface area contributed by atoms with E-state index in [-0.39, 0.29) is 30.6 Å². The lowest BCUT2D eigenvalue weighted by molar-refractivity contribution is -0.147. The van der Waals surface area contributed by atoms with Crippen molar-refractivity contribution in [1.82, 2.24) is 20.1 Å². The summed E-state index contributed by atoms with van der Waals surface area (Å²) in [4.78, 5) is 29.9. The standard InChI is InChI=1S/C26H25FN4O4/c1-13(2)24-23(15-4-6-17(27)7-5-15)19-8-16-11-28-30-21(16)10-20(19)25(29-24)35-18-9-22(26(33)34)31(12-18)14(3)32/h4-8,10-11,13,18,22H,9,12H2,1-3H3,(H,28,30)(H,33,34)/t18-,22+/m1/s1. The van der Waals surface area contributed by atoms with Crippen LogP contribution in [0, 0.1) is 5.82 Å². The van der Waals surface area contributed by atoms with Crippen LogP contribution >= 0.6 is 0 Å². The number of halogens is 1. The van der Waals surface area contributed by atoms with Gasteiger partial charge in [-0.05, 0) is 41.1 Å². The van der Waals surface area contributed by atoms with Gasteiger partial charge in [0, 0.05) is 29.7 Å². The summed E-state index contributed by atoms with van der Waals surface area (Å²) >= 11 is 0. The molecule has 2 atom stereocenters. The van der Waals surface area contributed by atoms with Crippen LogP contribution in [0.15, 0.2) is 42.6 Å². The van der Waals surface area contributed by atoms with E-state index in [0.717, 1.165) is 38.5 Å². The maximum atomic E-state index is 13.7. The highest BCUT2D eigenvalue weighted by Crippen LogP contribution is 2.41. The number of ether oxygens (including phenoxy) is 1. The molecule has 2 aromatic heterocycles. The molecule has 2 aromatic carbocycles. The van der Waals surface area contributed by atoms with Gasteiger partial charge < -0.3 is 14.7 Å². The van der Waals surface area contributed by atoms with E-state index in [0.29, 0.717) is 5.88 Å². The predicted molar refractivity (Wildman–Crippen MR) is 129 cm³/mol. The number of rotatable bonds is 5. The minimum Gasteiger partial charge on any atom is -0.480 e. The molecule has 3 heterocycles. The third-order valence-corrected chi connectivity index (χ3v) is 6.47. The molecule has 0 aliphatic carbocycles. The van der Waals surface area contributed by atoms with Gasteiger partial charge in [0.05, 0.1) is 24.0 Å². The first kappa shape index (κ1) is 22.8. The van der Waals surface area contributed by atoms with Gasteiger partial charge in [0.15, 0.2) is 0 Å². The second-order valence-electron chi connectivity index (χ2n) is 9.19. The SMILES string of the molecule is CC(=O)N1C[C@H](Oc2nc(C(C)C)c(-c3ccc(F)cc3)c3cc4cn[nH]c4cc23)C[C@H]1C(=O)O. The van der Waals surface area contributed by atoms with E-state index in [2.05, 4.69) is 10.2 Å². The van der Waals surface area contributed by atoms with Crippen molar-refractivity contribution in [2.24, 2.45) is 0 Å². The van der Waals surface area contributed by atoms with E-state index in [1.165, 1.54) is 24.0 Å². The Kier molecular flexibility index (Phi) is 5.62. The highest BCUT2D eigenvalue weighted by molar-refractivity contribution is 6.06. The number of amides is 1. The number of hydrogen-bond acceptors (Lipinski definition) is 5. The van der Waals surface area contributed by atoms with Crippen molar-refractivity contribution < 1.29 is 23.8 Å². The number of likely N-dealkylation sites (tertiary alicyclic amines) is 1. The molecule has 0 spiro atoms. The van der Waals surface area contributed by atoms with Crippen LogP contribution in [0.4, 0.5) is 4.39 Å². The van der Waals surface area contributed by atoms with Gasteiger partial charge in [-0.25, -0.2) is 14.2 Å². The van der Waals surface area contributed by atoms with Crippen molar-refractivity contribution in [3.8, 4) is 17.0 Å². The number of nitrogens with zero attached hydrogens (tertiary/aromatic N) is 3. The van der Waals surface area contributed by atoms with Gasteiger partial charge >= 0.3 is 5.97 Å². The number of carbonyl (C=O) groups excluding carboxylic acids is 1. The largest absolute Gasteiger partial charge is 0.480 e. The normalized spacial score (nSPS) is 18.0. The maximum Gasteiger partial charge on any atom is 0.326 e. The number of benzene rings is 2. The average molecular weight is 477 g/mol. The zero-order chi connectivity index (χ0) is 24.9. The summed E-state index contributed by atoms with van der Waals surface area (Å²) in [7, 11) is 0. The molecule has 1 saturated heterocycles. The minimum absolute atomic E-state index is 0.0194. The predicted octanol–water partition coefficient (Wildman–Crippen LogP) is 4.49. The van der Waals surface area contributed by atoms with Gasteiger partial charge in [0.25, 0.3) is 0 Å². The van der Waals surface area contributed by atoms with Gasteiger partial charge in [-0.3, -0.25) is 9.89 Å². The smallest absolute Gasteiger partial charge is 0.326 e. The van der Waals surface area contributed by atoms with Crippen LogP contribution in [0.3, 0.4) is 0 Å². The first-order valence-electron chi connectivity index (χ1n) is 11.5. The lowest BCUT2D eigenvalue weighted by Gasteiger charge is -2.21. The van der Waals surface area contributed by atoms with Crippen molar-refractivity contribution in [2.45, 2.75) is 45.3 Å². The fraction of sp³-hybridized carbons (Fsp3) is 0.308. The van der Waals surface area contributed by atoms with Crippen LogP contribution in [0.25, 0.3) is 32.8 Å². The highest BCUT2D eigenvalue weighted by Gasteiger charge is 2.40. The summed E-state index contributed by atoms with van der Waals surface area (Å²) in [6.45, 7) is 5.57. The van der Waals surface area contributed by atoms with Gasteiger partial charge in [-0.15, -0.1) is 0 Å². The number of aliphatic carboxylic acids is 1. The Morgan fingerprint density at radius 3 is 2.57 bits per heavy atom. The molecule has 1 amide bonds. The van der Waals surface area contributed by atoms with Crippen LogP contribution in [-0.4, -0.2) is 55.8 Å². The fourth-order valence-electron chi connectivity index (χ4n) is 4.79. The number of carbonyl (C=O) groups is 2. The Labute approximate surface area is 200 Å². The van der Waals surface area contributed by atoms with Crippen molar-refractivity contribution in [3.05, 3.63) is 54.1 Å². The molecular formula is C26H25FN4O4. The number of fused-ring (bicyclic) bond motifs is 2. The quantitative estimate of drug-likeness (QED) is 0.439. The second kappa shape index (κ2) is 8.65. The Morgan fingerprint density at radius 2 is 1.94 bits per heavy atom. The number of carboxylic acid groups (broad SMARTS) is 1. The van der Waals surface area contributed by atoms with Crippen LogP contribution in [0.2, 0.25) is 0 Å². The monoisotopic (exact) mass is 476 g/mol. The topological polar surface area (TPSA) is 108 Å². The molecule has 180 valence electrons. The Bertz CT molecular complexity index is 1430. The molecule has 4 aromatic rings. The highest BCUT2D eigenvalue weighted by atomic mass is 19.1. The molecule has 1 aliphatic rings. The molecule has 35 heavy (non-hydrogen) atoms. The zero-order valence-corrected chi connectivity index (χ0v) is 19.6. The van der Waals surface area contributed by atoms with E-state index in [9.17, 15) is 19.1 Å². The lowest BCUT2D eigenvalue weighted by Crippen LogP contribution is -2.39. The lowest BCUT2D eigenvalue weighted by atomic mass is 9.92. The Hall–Kier alpha value is -4.01. The Balaban J connectivity index is 1.68. The van der Waals surface area contributed by atoms with E-state index in [1.54, 1.807) is 18.3 Å². The number of aromatic amines is 1. The first-order chi connectivity index (χ1) is 16.7. The van der Waals surface area contributed by atoms with Crippen LogP contribution in [-0.2, 0) is 9.59 Å². The van der Waals surface area contributed by atoms with E-state index in [1.807, 2.05) is 26.0 Å². The zero-order valence-electron chi connectivity index (χ0n) is 19.6. The van der Waals surface area contributed by atoms with Crippen molar-refractivity contribution in [1.29, 1.82) is 0 Å². The molecule has 0 radical (unpaired) electrons. The number of pyridine rings is 1. The molecule has 8 nitrogen and oxygen atoms in total. The van der Waals surface area contributed by atoms with Crippen molar-refractivity contribution in [3.63, 3.8) is 0 Å². The van der Waals surface area contributed by atoms with E-state index in [4.69, 9.17) is 9.72 Å². The fourth-order valence-corrected chi connectivity index (χ4v) is 4.79. The van der Waals surface area contributed by atoms with Gasteiger partial charge in [-0.1, -0.05) is 26.0 Å². The average Bonchev–Trinajstić information content (AvgIpc) is 3.45. The number of H-pyrrole nitrogens is 1. The summed E-state index contributed by atoms with van der Waals surface area (Å²) in [5, 5.41) is 19.2. The van der Waals surface area contributed by atoms with Gasteiger partial charge in [0.2, 0.25) is 11.8 Å². The van der Waals surface area contributed by atoms with Crippen molar-refractivity contribution in [2.75, 3.05) is 6.54 Å². The third kappa shape index (κ3) is 4.07. The Morgan fingerprint density at radius 1 is 1.20 bits per heavy atom. The number of carboxylic acids is 1. The summed E-state index contributed by atoms with van der Waals surface area (Å²) < 4.78 is 20.0. The molecule has 2 N–H and O–H groups in total. The first-order valence-corrected chi connectivity index (χ1v) is 11.5. The maximum absolute atomic E-state index is 13.7. The third-order valence-electron chi connectivity index (χ3n) is 6.47. The molecule has 0 bridgehead atoms. The molecule has 9 heteroatoms. The molecule has 1 fully saturated rings. The van der Waals surface area contributed by atoms with E-state index >= 15 is 0 Å². The summed E-state index contributed by atoms with van der Waals surface area (Å²) in [5.41, 5.74) is 3.28. The van der Waals surface area contributed by atoms with Gasteiger partial charge in [-0.2, -0.15) is 5.10 Å². The van der Waals surface area contributed by atoms with Crippen LogP contribution in [0.1, 0.15) is 38.8 Å². The summed E-state index contributed by atoms with van der Waals surface area (Å²) in [6.07, 6.45) is 1.38. The summed E-state index contributed by atoms with van der Waals surface area (Å²) in [5.74, 6) is -1.30. The van der Waals surface area contributed by atoms with Gasteiger partial charge in [0.1, 0.15) is 18.0 Å². The molecular weight excluding hydrogens is 451 g/mol.